The van der Waals surface area contributed by atoms with Gasteiger partial charge < -0.3 is 10.2 Å². The summed E-state index contributed by atoms with van der Waals surface area (Å²) >= 11 is 0. The van der Waals surface area contributed by atoms with Gasteiger partial charge in [0.2, 0.25) is 0 Å². The van der Waals surface area contributed by atoms with Crippen molar-refractivity contribution in [2.45, 2.75) is 25.8 Å². The number of aryl methyl sites for hydroxylation is 1. The van der Waals surface area contributed by atoms with Gasteiger partial charge in [0.25, 0.3) is 5.91 Å². The summed E-state index contributed by atoms with van der Waals surface area (Å²) < 4.78 is 0. The molecular formula is C15H20N2O. The minimum absolute atomic E-state index is 0.203. The first kappa shape index (κ1) is 11.7. The van der Waals surface area contributed by atoms with E-state index < -0.39 is 0 Å². The number of amides is 1. The second kappa shape index (κ2) is 4.73. The molecule has 2 fully saturated rings. The average molecular weight is 244 g/mol. The summed E-state index contributed by atoms with van der Waals surface area (Å²) in [6.45, 7) is 5.09. The van der Waals surface area contributed by atoms with Crippen molar-refractivity contribution in [3.63, 3.8) is 0 Å². The van der Waals surface area contributed by atoms with E-state index in [-0.39, 0.29) is 5.91 Å². The fourth-order valence-electron chi connectivity index (χ4n) is 3.15. The first-order valence-corrected chi connectivity index (χ1v) is 6.90. The third kappa shape index (κ3) is 1.93. The molecule has 3 nitrogen and oxygen atoms in total. The highest BCUT2D eigenvalue weighted by Crippen LogP contribution is 2.28. The average Bonchev–Trinajstić information content (AvgIpc) is 3.00. The number of carbonyl (C=O) groups is 1. The highest BCUT2D eigenvalue weighted by molar-refractivity contribution is 5.94. The minimum Gasteiger partial charge on any atom is -0.334 e. The summed E-state index contributed by atoms with van der Waals surface area (Å²) in [5.41, 5.74) is 2.12. The lowest BCUT2D eigenvalue weighted by Gasteiger charge is -2.23. The molecule has 0 unspecified atom stereocenters. The fourth-order valence-corrected chi connectivity index (χ4v) is 3.15. The van der Waals surface area contributed by atoms with Gasteiger partial charge in [-0.05, 0) is 36.5 Å². The quantitative estimate of drug-likeness (QED) is 0.858. The van der Waals surface area contributed by atoms with Crippen LogP contribution in [-0.2, 0) is 6.42 Å². The number of hydrogen-bond donors (Lipinski definition) is 1. The number of rotatable bonds is 2. The number of benzene rings is 1. The molecule has 1 aromatic rings. The molecule has 0 aliphatic carbocycles. The summed E-state index contributed by atoms with van der Waals surface area (Å²) in [5, 5.41) is 3.38. The molecule has 2 heterocycles. The van der Waals surface area contributed by atoms with Crippen molar-refractivity contribution >= 4 is 5.91 Å². The first-order chi connectivity index (χ1) is 8.79. The third-order valence-electron chi connectivity index (χ3n) is 4.32. The molecule has 0 aromatic heterocycles. The van der Waals surface area contributed by atoms with Crippen LogP contribution in [0.4, 0.5) is 0 Å². The van der Waals surface area contributed by atoms with E-state index in [1.54, 1.807) is 0 Å². The summed E-state index contributed by atoms with van der Waals surface area (Å²) in [5.74, 6) is 0.873. The summed E-state index contributed by atoms with van der Waals surface area (Å²) in [4.78, 5) is 14.5. The zero-order valence-corrected chi connectivity index (χ0v) is 10.9. The van der Waals surface area contributed by atoms with Crippen LogP contribution >= 0.6 is 0 Å². The van der Waals surface area contributed by atoms with Gasteiger partial charge in [0.1, 0.15) is 0 Å². The van der Waals surface area contributed by atoms with Gasteiger partial charge in [0.05, 0.1) is 0 Å². The monoisotopic (exact) mass is 244 g/mol. The molecule has 18 heavy (non-hydrogen) atoms. The second-order valence-corrected chi connectivity index (χ2v) is 5.32. The SMILES string of the molecule is CCc1ccc(C(=O)N2CC[C@H]3CNC[C@H]32)cc1. The molecule has 2 atom stereocenters. The largest absolute Gasteiger partial charge is 0.334 e. The Morgan fingerprint density at radius 1 is 1.33 bits per heavy atom. The van der Waals surface area contributed by atoms with Crippen LogP contribution in [0.5, 0.6) is 0 Å². The number of carbonyl (C=O) groups excluding carboxylic acids is 1. The van der Waals surface area contributed by atoms with Gasteiger partial charge in [0.15, 0.2) is 0 Å². The Labute approximate surface area is 108 Å². The lowest BCUT2D eigenvalue weighted by atomic mass is 10.0. The van der Waals surface area contributed by atoms with E-state index in [1.807, 2.05) is 12.1 Å². The molecule has 1 aromatic carbocycles. The summed E-state index contributed by atoms with van der Waals surface area (Å²) in [6, 6.07) is 8.48. The topological polar surface area (TPSA) is 32.3 Å². The van der Waals surface area contributed by atoms with Crippen molar-refractivity contribution in [1.29, 1.82) is 0 Å². The molecular weight excluding hydrogens is 224 g/mol. The van der Waals surface area contributed by atoms with Crippen LogP contribution in [-0.4, -0.2) is 36.5 Å². The van der Waals surface area contributed by atoms with Gasteiger partial charge >= 0.3 is 0 Å². The van der Waals surface area contributed by atoms with Crippen LogP contribution in [0.25, 0.3) is 0 Å². The van der Waals surface area contributed by atoms with Crippen molar-refractivity contribution in [3.8, 4) is 0 Å². The summed E-state index contributed by atoms with van der Waals surface area (Å²) in [6.07, 6.45) is 2.17. The molecule has 2 saturated heterocycles. The van der Waals surface area contributed by atoms with Gasteiger partial charge in [0, 0.05) is 31.2 Å². The second-order valence-electron chi connectivity index (χ2n) is 5.32. The zero-order valence-electron chi connectivity index (χ0n) is 10.9. The van der Waals surface area contributed by atoms with E-state index in [0.29, 0.717) is 12.0 Å². The maximum Gasteiger partial charge on any atom is 0.254 e. The maximum atomic E-state index is 12.5. The van der Waals surface area contributed by atoms with E-state index in [9.17, 15) is 4.79 Å². The van der Waals surface area contributed by atoms with Crippen molar-refractivity contribution in [3.05, 3.63) is 35.4 Å². The molecule has 96 valence electrons. The Balaban J connectivity index is 1.77. The van der Waals surface area contributed by atoms with Gasteiger partial charge in [-0.1, -0.05) is 19.1 Å². The molecule has 1 N–H and O–H groups in total. The molecule has 0 bridgehead atoms. The van der Waals surface area contributed by atoms with Crippen LogP contribution in [0.3, 0.4) is 0 Å². The Morgan fingerprint density at radius 2 is 2.11 bits per heavy atom. The molecule has 2 aliphatic heterocycles. The number of fused-ring (bicyclic) bond motifs is 1. The molecule has 3 rings (SSSR count). The molecule has 3 heteroatoms. The van der Waals surface area contributed by atoms with Crippen molar-refractivity contribution in [1.82, 2.24) is 10.2 Å². The molecule has 0 radical (unpaired) electrons. The Bertz CT molecular complexity index is 440. The van der Waals surface area contributed by atoms with Crippen molar-refractivity contribution in [2.75, 3.05) is 19.6 Å². The van der Waals surface area contributed by atoms with Crippen LogP contribution < -0.4 is 5.32 Å². The molecule has 0 saturated carbocycles. The van der Waals surface area contributed by atoms with E-state index in [4.69, 9.17) is 0 Å². The van der Waals surface area contributed by atoms with Gasteiger partial charge in [-0.2, -0.15) is 0 Å². The van der Waals surface area contributed by atoms with Gasteiger partial charge in [-0.15, -0.1) is 0 Å². The maximum absolute atomic E-state index is 12.5. The zero-order chi connectivity index (χ0) is 12.5. The van der Waals surface area contributed by atoms with Crippen LogP contribution in [0.15, 0.2) is 24.3 Å². The Hall–Kier alpha value is -1.35. The van der Waals surface area contributed by atoms with Gasteiger partial charge in [-0.25, -0.2) is 0 Å². The number of hydrogen-bond acceptors (Lipinski definition) is 2. The fraction of sp³-hybridized carbons (Fsp3) is 0.533. The first-order valence-electron chi connectivity index (χ1n) is 6.90. The van der Waals surface area contributed by atoms with Crippen LogP contribution in [0.1, 0.15) is 29.3 Å². The number of nitrogens with one attached hydrogen (secondary N) is 1. The molecule has 2 aliphatic rings. The lowest BCUT2D eigenvalue weighted by molar-refractivity contribution is 0.0737. The minimum atomic E-state index is 0.203. The normalized spacial score (nSPS) is 26.4. The molecule has 0 spiro atoms. The van der Waals surface area contributed by atoms with Gasteiger partial charge in [-0.3, -0.25) is 4.79 Å². The van der Waals surface area contributed by atoms with Crippen molar-refractivity contribution < 1.29 is 4.79 Å². The Kier molecular flexibility index (Phi) is 3.08. The van der Waals surface area contributed by atoms with E-state index in [0.717, 1.165) is 38.0 Å². The van der Waals surface area contributed by atoms with Crippen LogP contribution in [0, 0.1) is 5.92 Å². The highest BCUT2D eigenvalue weighted by atomic mass is 16.2. The van der Waals surface area contributed by atoms with E-state index in [2.05, 4.69) is 29.3 Å². The number of likely N-dealkylation sites (tertiary alicyclic amines) is 1. The lowest BCUT2D eigenvalue weighted by Crippen LogP contribution is -2.39. The van der Waals surface area contributed by atoms with E-state index >= 15 is 0 Å². The predicted molar refractivity (Wildman–Crippen MR) is 71.6 cm³/mol. The van der Waals surface area contributed by atoms with Crippen LogP contribution in [0.2, 0.25) is 0 Å². The van der Waals surface area contributed by atoms with Crippen molar-refractivity contribution in [2.24, 2.45) is 5.92 Å². The third-order valence-corrected chi connectivity index (χ3v) is 4.32. The molecule has 1 amide bonds. The van der Waals surface area contributed by atoms with E-state index in [1.165, 1.54) is 5.56 Å². The Morgan fingerprint density at radius 3 is 2.83 bits per heavy atom. The smallest absolute Gasteiger partial charge is 0.254 e. The highest BCUT2D eigenvalue weighted by Gasteiger charge is 2.39. The standard InChI is InChI=1S/C15H20N2O/c1-2-11-3-5-12(6-4-11)15(18)17-8-7-13-9-16-10-14(13)17/h3-6,13-14,16H,2,7-10H2,1H3/t13-,14+/m0/s1. The summed E-state index contributed by atoms with van der Waals surface area (Å²) in [7, 11) is 0. The predicted octanol–water partition coefficient (Wildman–Crippen LogP) is 1.68. The number of nitrogens with zero attached hydrogens (tertiary/aromatic N) is 1.